The van der Waals surface area contributed by atoms with Crippen molar-refractivity contribution in [2.75, 3.05) is 13.6 Å². The van der Waals surface area contributed by atoms with Crippen LogP contribution in [-0.4, -0.2) is 35.0 Å². The lowest BCUT2D eigenvalue weighted by atomic mass is 9.95. The second kappa shape index (κ2) is 8.35. The molecule has 5 rings (SSSR count). The van der Waals surface area contributed by atoms with Crippen molar-refractivity contribution in [2.24, 2.45) is 0 Å². The molecule has 162 valence electrons. The zero-order chi connectivity index (χ0) is 22.4. The fraction of sp³-hybridized carbons (Fsp3) is 0.167. The number of aryl methyl sites for hydroxylation is 1. The molecule has 0 unspecified atom stereocenters. The summed E-state index contributed by atoms with van der Waals surface area (Å²) in [5.74, 6) is -0.749. The van der Waals surface area contributed by atoms with Gasteiger partial charge in [-0.25, -0.2) is 0 Å². The zero-order valence-electron chi connectivity index (χ0n) is 17.3. The Morgan fingerprint density at radius 2 is 1.62 bits per heavy atom. The van der Waals surface area contributed by atoms with Crippen molar-refractivity contribution in [1.29, 1.82) is 0 Å². The van der Waals surface area contributed by atoms with E-state index in [1.165, 1.54) is 0 Å². The minimum atomic E-state index is -0.378. The second-order valence-corrected chi connectivity index (χ2v) is 9.61. The molecule has 6 nitrogen and oxygen atoms in total. The molecule has 0 saturated carbocycles. The number of rotatable bonds is 6. The summed E-state index contributed by atoms with van der Waals surface area (Å²) in [7, 11) is 1.93. The van der Waals surface area contributed by atoms with Crippen molar-refractivity contribution in [3.8, 4) is 0 Å². The molecule has 2 aromatic carbocycles. The number of aromatic nitrogens is 2. The third kappa shape index (κ3) is 3.52. The lowest BCUT2D eigenvalue weighted by molar-refractivity contribution is -0.122. The number of nitrogens with one attached hydrogen (secondary N) is 3. The van der Waals surface area contributed by atoms with Crippen molar-refractivity contribution in [2.45, 2.75) is 13.0 Å². The van der Waals surface area contributed by atoms with Crippen LogP contribution in [0.5, 0.6) is 0 Å². The van der Waals surface area contributed by atoms with E-state index < -0.39 is 0 Å². The number of fused-ring (bicyclic) bond motifs is 2. The van der Waals surface area contributed by atoms with Crippen molar-refractivity contribution >= 4 is 76.6 Å². The molecule has 1 aliphatic rings. The van der Waals surface area contributed by atoms with E-state index in [1.807, 2.05) is 49.6 Å². The highest BCUT2D eigenvalue weighted by Crippen LogP contribution is 2.39. The average molecular weight is 556 g/mol. The molecule has 1 aliphatic heterocycles. The van der Waals surface area contributed by atoms with Gasteiger partial charge < -0.3 is 14.9 Å². The van der Waals surface area contributed by atoms with Crippen molar-refractivity contribution in [3.63, 3.8) is 0 Å². The van der Waals surface area contributed by atoms with Crippen LogP contribution in [0.25, 0.3) is 33.0 Å². The van der Waals surface area contributed by atoms with E-state index in [2.05, 4.69) is 52.0 Å². The molecular weight excluding hydrogens is 536 g/mol. The van der Waals surface area contributed by atoms with Gasteiger partial charge in [-0.15, -0.1) is 0 Å². The van der Waals surface area contributed by atoms with Gasteiger partial charge in [0, 0.05) is 60.8 Å². The van der Waals surface area contributed by atoms with E-state index >= 15 is 0 Å². The molecule has 0 spiro atoms. The van der Waals surface area contributed by atoms with Gasteiger partial charge in [0.05, 0.1) is 11.1 Å². The number of carbonyl (C=O) groups is 2. The van der Waals surface area contributed by atoms with Crippen LogP contribution in [0.15, 0.2) is 57.7 Å². The smallest absolute Gasteiger partial charge is 0.259 e. The van der Waals surface area contributed by atoms with Crippen molar-refractivity contribution in [3.05, 3.63) is 68.9 Å². The first-order valence-corrected chi connectivity index (χ1v) is 11.9. The van der Waals surface area contributed by atoms with Crippen LogP contribution in [0.4, 0.5) is 0 Å². The lowest BCUT2D eigenvalue weighted by Crippen LogP contribution is -2.22. The number of H-pyrrole nitrogens is 1. The Morgan fingerprint density at radius 1 is 0.938 bits per heavy atom. The van der Waals surface area contributed by atoms with Crippen LogP contribution in [0, 0.1) is 0 Å². The molecule has 0 saturated heterocycles. The maximum absolute atomic E-state index is 13.1. The van der Waals surface area contributed by atoms with Gasteiger partial charge >= 0.3 is 0 Å². The Hall–Kier alpha value is -2.68. The summed E-state index contributed by atoms with van der Waals surface area (Å²) in [4.78, 5) is 29.2. The van der Waals surface area contributed by atoms with E-state index in [0.29, 0.717) is 16.7 Å². The normalized spacial score (nSPS) is 14.2. The van der Waals surface area contributed by atoms with Gasteiger partial charge in [-0.2, -0.15) is 0 Å². The Balaban J connectivity index is 1.76. The van der Waals surface area contributed by atoms with Gasteiger partial charge in [-0.3, -0.25) is 14.9 Å². The van der Waals surface area contributed by atoms with Crippen molar-refractivity contribution < 1.29 is 9.59 Å². The fourth-order valence-electron chi connectivity index (χ4n) is 4.35. The topological polar surface area (TPSA) is 78.9 Å². The molecule has 0 aliphatic carbocycles. The molecule has 2 aromatic heterocycles. The summed E-state index contributed by atoms with van der Waals surface area (Å²) in [6.45, 7) is 1.69. The SMILES string of the molecule is CNCCCn1cc(C2=C(c3c[nH]c4ccc(Br)cc34)C(=O)NC2=O)c2cc(Br)ccc21. The number of hydrogen-bond donors (Lipinski definition) is 3. The van der Waals surface area contributed by atoms with E-state index in [4.69, 9.17) is 0 Å². The van der Waals surface area contributed by atoms with Crippen LogP contribution in [-0.2, 0) is 16.1 Å². The second-order valence-electron chi connectivity index (χ2n) is 7.78. The molecule has 8 heteroatoms. The van der Waals surface area contributed by atoms with E-state index in [-0.39, 0.29) is 11.8 Å². The van der Waals surface area contributed by atoms with Crippen LogP contribution >= 0.6 is 31.9 Å². The van der Waals surface area contributed by atoms with Gasteiger partial charge in [0.25, 0.3) is 11.8 Å². The Labute approximate surface area is 201 Å². The largest absolute Gasteiger partial charge is 0.361 e. The van der Waals surface area contributed by atoms with Gasteiger partial charge in [0.1, 0.15) is 0 Å². The Morgan fingerprint density at radius 3 is 2.38 bits per heavy atom. The minimum Gasteiger partial charge on any atom is -0.361 e. The maximum atomic E-state index is 13.1. The predicted octanol–water partition coefficient (Wildman–Crippen LogP) is 4.82. The standard InChI is InChI=1S/C24H20Br2N4O2/c1-27-7-2-8-30-12-18(16-10-14(26)4-6-20(16)30)22-21(23(31)29-24(22)32)17-11-28-19-5-3-13(25)9-15(17)19/h3-6,9-12,27-28H,2,7-8H2,1H3,(H,29,31,32). The van der Waals surface area contributed by atoms with Crippen LogP contribution < -0.4 is 10.6 Å². The number of halogens is 2. The maximum Gasteiger partial charge on any atom is 0.259 e. The first kappa shape index (κ1) is 21.2. The van der Waals surface area contributed by atoms with E-state index in [0.717, 1.165) is 55.8 Å². The number of hydrogen-bond acceptors (Lipinski definition) is 3. The van der Waals surface area contributed by atoms with E-state index in [1.54, 1.807) is 6.20 Å². The summed E-state index contributed by atoms with van der Waals surface area (Å²) in [5.41, 5.74) is 4.21. The molecule has 32 heavy (non-hydrogen) atoms. The van der Waals surface area contributed by atoms with Crippen LogP contribution in [0.2, 0.25) is 0 Å². The summed E-state index contributed by atoms with van der Waals surface area (Å²) in [5, 5.41) is 7.50. The first-order valence-electron chi connectivity index (χ1n) is 10.3. The van der Waals surface area contributed by atoms with Gasteiger partial charge in [0.15, 0.2) is 0 Å². The molecule has 3 heterocycles. The molecule has 0 bridgehead atoms. The monoisotopic (exact) mass is 554 g/mol. The molecule has 0 atom stereocenters. The number of amides is 2. The van der Waals surface area contributed by atoms with Crippen molar-refractivity contribution in [1.82, 2.24) is 20.2 Å². The van der Waals surface area contributed by atoms with Gasteiger partial charge in [0.2, 0.25) is 0 Å². The zero-order valence-corrected chi connectivity index (χ0v) is 20.4. The number of carbonyl (C=O) groups excluding carboxylic acids is 2. The third-order valence-electron chi connectivity index (χ3n) is 5.78. The van der Waals surface area contributed by atoms with Gasteiger partial charge in [-0.05, 0) is 56.4 Å². The molecule has 4 aromatic rings. The molecule has 3 N–H and O–H groups in total. The fourth-order valence-corrected chi connectivity index (χ4v) is 5.07. The highest BCUT2D eigenvalue weighted by Gasteiger charge is 2.35. The first-order chi connectivity index (χ1) is 15.5. The number of aromatic amines is 1. The average Bonchev–Trinajstić information content (AvgIpc) is 3.41. The summed E-state index contributed by atoms with van der Waals surface area (Å²) in [6.07, 6.45) is 4.74. The molecule has 2 amide bonds. The Bertz CT molecular complexity index is 1430. The van der Waals surface area contributed by atoms with Crippen LogP contribution in [0.1, 0.15) is 17.5 Å². The quantitative estimate of drug-likeness (QED) is 0.236. The molecular formula is C24H20Br2N4O2. The number of benzene rings is 2. The highest BCUT2D eigenvalue weighted by molar-refractivity contribution is 9.10. The number of nitrogens with zero attached hydrogens (tertiary/aromatic N) is 1. The Kier molecular flexibility index (Phi) is 5.53. The molecule has 0 radical (unpaired) electrons. The van der Waals surface area contributed by atoms with Crippen LogP contribution in [0.3, 0.4) is 0 Å². The lowest BCUT2D eigenvalue weighted by Gasteiger charge is -2.04. The van der Waals surface area contributed by atoms with E-state index in [9.17, 15) is 9.59 Å². The number of imide groups is 1. The summed E-state index contributed by atoms with van der Waals surface area (Å²) < 4.78 is 3.98. The third-order valence-corrected chi connectivity index (χ3v) is 6.77. The highest BCUT2D eigenvalue weighted by atomic mass is 79.9. The summed E-state index contributed by atoms with van der Waals surface area (Å²) >= 11 is 7.07. The minimum absolute atomic E-state index is 0.372. The van der Waals surface area contributed by atoms with Gasteiger partial charge in [-0.1, -0.05) is 31.9 Å². The molecule has 0 fully saturated rings. The summed E-state index contributed by atoms with van der Waals surface area (Å²) in [6, 6.07) is 11.9. The predicted molar refractivity (Wildman–Crippen MR) is 134 cm³/mol.